The maximum atomic E-state index is 11.5. The second kappa shape index (κ2) is 11.2. The Kier molecular flexibility index (Phi) is 10.2. The van der Waals surface area contributed by atoms with Crippen molar-refractivity contribution in [2.24, 2.45) is 0 Å². The molecule has 0 atom stereocenters. The third kappa shape index (κ3) is 10.3. The zero-order valence-corrected chi connectivity index (χ0v) is 12.4. The first-order valence-electron chi connectivity index (χ1n) is 6.80. The van der Waals surface area contributed by atoms with Crippen LogP contribution in [0, 0.1) is 0 Å². The number of unbranched alkanes of at least 4 members (excludes halogenated alkanes) is 1. The molecule has 0 heterocycles. The lowest BCUT2D eigenvalue weighted by atomic mass is 10.2. The van der Waals surface area contributed by atoms with Gasteiger partial charge in [-0.15, -0.1) is 6.58 Å². The highest BCUT2D eigenvalue weighted by Crippen LogP contribution is 1.96. The molecular weight excluding hydrogens is 258 g/mol. The summed E-state index contributed by atoms with van der Waals surface area (Å²) in [6.07, 6.45) is 4.33. The fraction of sp³-hybridized carbons (Fsp3) is 0.643. The van der Waals surface area contributed by atoms with Crippen LogP contribution in [0.25, 0.3) is 0 Å². The highest BCUT2D eigenvalue weighted by atomic mass is 16.2. The Morgan fingerprint density at radius 3 is 2.45 bits per heavy atom. The lowest BCUT2D eigenvalue weighted by Crippen LogP contribution is -2.39. The van der Waals surface area contributed by atoms with Gasteiger partial charge in [-0.2, -0.15) is 0 Å². The van der Waals surface area contributed by atoms with Crippen molar-refractivity contribution in [2.45, 2.75) is 25.7 Å². The summed E-state index contributed by atoms with van der Waals surface area (Å²) in [5.41, 5.74) is 0. The number of amides is 2. The normalized spacial score (nSPS) is 10.2. The summed E-state index contributed by atoms with van der Waals surface area (Å²) in [5.74, 6) is -1.49. The molecule has 20 heavy (non-hydrogen) atoms. The fourth-order valence-corrected chi connectivity index (χ4v) is 1.45. The number of hydrogen-bond donors (Lipinski definition) is 2. The van der Waals surface area contributed by atoms with Crippen molar-refractivity contribution in [1.82, 2.24) is 15.5 Å². The Hall–Kier alpha value is -1.69. The van der Waals surface area contributed by atoms with E-state index in [9.17, 15) is 14.4 Å². The molecule has 0 saturated carbocycles. The van der Waals surface area contributed by atoms with Crippen LogP contribution in [0.4, 0.5) is 0 Å². The fourth-order valence-electron chi connectivity index (χ4n) is 1.45. The zero-order chi connectivity index (χ0) is 15.4. The van der Waals surface area contributed by atoms with Gasteiger partial charge in [0, 0.05) is 13.0 Å². The Balaban J connectivity index is 3.69. The first-order valence-corrected chi connectivity index (χ1v) is 6.80. The van der Waals surface area contributed by atoms with Crippen LogP contribution >= 0.6 is 0 Å². The Bertz CT molecular complexity index is 341. The van der Waals surface area contributed by atoms with Crippen LogP contribution in [0.15, 0.2) is 12.7 Å². The van der Waals surface area contributed by atoms with E-state index in [2.05, 4.69) is 22.1 Å². The summed E-state index contributed by atoms with van der Waals surface area (Å²) in [4.78, 5) is 36.2. The van der Waals surface area contributed by atoms with Gasteiger partial charge in [-0.05, 0) is 39.9 Å². The van der Waals surface area contributed by atoms with Crippen LogP contribution in [-0.2, 0) is 14.4 Å². The van der Waals surface area contributed by atoms with E-state index >= 15 is 0 Å². The quantitative estimate of drug-likeness (QED) is 0.320. The van der Waals surface area contributed by atoms with Crippen LogP contribution in [0.3, 0.4) is 0 Å². The van der Waals surface area contributed by atoms with E-state index in [1.165, 1.54) is 0 Å². The van der Waals surface area contributed by atoms with E-state index in [1.54, 1.807) is 6.08 Å². The molecule has 0 bridgehead atoms. The summed E-state index contributed by atoms with van der Waals surface area (Å²) in [5, 5.41) is 4.91. The van der Waals surface area contributed by atoms with E-state index in [1.807, 2.05) is 14.1 Å². The molecule has 0 rings (SSSR count). The van der Waals surface area contributed by atoms with Crippen LogP contribution in [-0.4, -0.2) is 56.2 Å². The number of carbonyl (C=O) groups is 3. The lowest BCUT2D eigenvalue weighted by Gasteiger charge is -2.08. The molecule has 0 aromatic carbocycles. The molecule has 114 valence electrons. The van der Waals surface area contributed by atoms with Gasteiger partial charge in [0.05, 0.1) is 6.54 Å². The van der Waals surface area contributed by atoms with E-state index in [4.69, 9.17) is 0 Å². The third-order valence-electron chi connectivity index (χ3n) is 2.59. The smallest absolute Gasteiger partial charge is 0.289 e. The molecule has 2 N–H and O–H groups in total. The van der Waals surface area contributed by atoms with Crippen molar-refractivity contribution in [3.8, 4) is 0 Å². The second-order valence-electron chi connectivity index (χ2n) is 4.79. The first kappa shape index (κ1) is 18.3. The van der Waals surface area contributed by atoms with Gasteiger partial charge in [-0.3, -0.25) is 14.4 Å². The molecule has 6 nitrogen and oxygen atoms in total. The van der Waals surface area contributed by atoms with Gasteiger partial charge in [0.1, 0.15) is 0 Å². The summed E-state index contributed by atoms with van der Waals surface area (Å²) >= 11 is 0. The Morgan fingerprint density at radius 1 is 1.15 bits per heavy atom. The van der Waals surface area contributed by atoms with Crippen molar-refractivity contribution >= 4 is 17.6 Å². The predicted octanol–water partition coefficient (Wildman–Crippen LogP) is 0.0959. The number of Topliss-reactive ketones (excluding diaryl/α,β-unsaturated/α-hetero) is 1. The van der Waals surface area contributed by atoms with Crippen LogP contribution in [0.5, 0.6) is 0 Å². The van der Waals surface area contributed by atoms with E-state index in [0.717, 1.165) is 19.4 Å². The number of nitrogens with zero attached hydrogens (tertiary/aromatic N) is 1. The summed E-state index contributed by atoms with van der Waals surface area (Å²) in [7, 11) is 3.95. The number of carbonyl (C=O) groups excluding carboxylic acids is 3. The summed E-state index contributed by atoms with van der Waals surface area (Å²) in [6, 6.07) is 0. The second-order valence-corrected chi connectivity index (χ2v) is 4.79. The molecule has 0 aliphatic rings. The molecule has 0 spiro atoms. The van der Waals surface area contributed by atoms with Crippen molar-refractivity contribution in [1.29, 1.82) is 0 Å². The maximum Gasteiger partial charge on any atom is 0.289 e. The zero-order valence-electron chi connectivity index (χ0n) is 12.4. The third-order valence-corrected chi connectivity index (χ3v) is 2.59. The van der Waals surface area contributed by atoms with E-state index in [-0.39, 0.29) is 12.5 Å². The first-order chi connectivity index (χ1) is 9.47. The molecule has 0 aromatic heterocycles. The number of hydrogen-bond acceptors (Lipinski definition) is 4. The van der Waals surface area contributed by atoms with Crippen LogP contribution < -0.4 is 10.6 Å². The number of ketones is 1. The molecule has 0 fully saturated rings. The van der Waals surface area contributed by atoms with E-state index < -0.39 is 11.7 Å². The van der Waals surface area contributed by atoms with Gasteiger partial charge < -0.3 is 15.5 Å². The average molecular weight is 283 g/mol. The van der Waals surface area contributed by atoms with Crippen molar-refractivity contribution in [3.05, 3.63) is 12.7 Å². The summed E-state index contributed by atoms with van der Waals surface area (Å²) < 4.78 is 0. The summed E-state index contributed by atoms with van der Waals surface area (Å²) in [6.45, 7) is 4.58. The molecule has 0 unspecified atom stereocenters. The molecule has 2 amide bonds. The maximum absolute atomic E-state index is 11.5. The molecule has 0 aromatic rings. The lowest BCUT2D eigenvalue weighted by molar-refractivity contribution is -0.138. The average Bonchev–Trinajstić information content (AvgIpc) is 2.40. The van der Waals surface area contributed by atoms with Gasteiger partial charge in [0.15, 0.2) is 0 Å². The standard InChI is InChI=1S/C14H25N3O3/c1-4-5-9-15-14(20)12(18)11-16-13(19)8-6-7-10-17(2)3/h4H,1,5-11H2,2-3H3,(H,15,20)(H,16,19). The SMILES string of the molecule is C=CCCNC(=O)C(=O)CNC(=O)CCCCN(C)C. The Morgan fingerprint density at radius 2 is 1.85 bits per heavy atom. The van der Waals surface area contributed by atoms with Crippen LogP contribution in [0.2, 0.25) is 0 Å². The van der Waals surface area contributed by atoms with Crippen molar-refractivity contribution < 1.29 is 14.4 Å². The van der Waals surface area contributed by atoms with Gasteiger partial charge in [0.2, 0.25) is 11.7 Å². The molecule has 6 heteroatoms. The van der Waals surface area contributed by atoms with Crippen molar-refractivity contribution in [2.75, 3.05) is 33.7 Å². The minimum atomic E-state index is -0.667. The predicted molar refractivity (Wildman–Crippen MR) is 78.2 cm³/mol. The molecular formula is C14H25N3O3. The topological polar surface area (TPSA) is 78.5 Å². The van der Waals surface area contributed by atoms with Gasteiger partial charge in [0.25, 0.3) is 5.91 Å². The molecule has 0 radical (unpaired) electrons. The van der Waals surface area contributed by atoms with Gasteiger partial charge >= 0.3 is 0 Å². The molecule has 0 saturated heterocycles. The number of rotatable bonds is 11. The largest absolute Gasteiger partial charge is 0.349 e. The number of nitrogens with one attached hydrogen (secondary N) is 2. The van der Waals surface area contributed by atoms with E-state index in [0.29, 0.717) is 19.4 Å². The van der Waals surface area contributed by atoms with Gasteiger partial charge in [-0.1, -0.05) is 6.08 Å². The molecule has 0 aliphatic carbocycles. The van der Waals surface area contributed by atoms with Crippen molar-refractivity contribution in [3.63, 3.8) is 0 Å². The Labute approximate surface area is 120 Å². The highest BCUT2D eigenvalue weighted by Gasteiger charge is 2.13. The monoisotopic (exact) mass is 283 g/mol. The minimum absolute atomic E-state index is 0.198. The van der Waals surface area contributed by atoms with Gasteiger partial charge in [-0.25, -0.2) is 0 Å². The van der Waals surface area contributed by atoms with Crippen LogP contribution in [0.1, 0.15) is 25.7 Å². The highest BCUT2D eigenvalue weighted by molar-refractivity contribution is 6.37. The minimum Gasteiger partial charge on any atom is -0.349 e. The molecule has 0 aliphatic heterocycles.